The summed E-state index contributed by atoms with van der Waals surface area (Å²) in [7, 11) is 3.11. The summed E-state index contributed by atoms with van der Waals surface area (Å²) >= 11 is 0. The number of hydrogen-bond donors (Lipinski definition) is 0. The Morgan fingerprint density at radius 1 is 1.20 bits per heavy atom. The molecule has 0 radical (unpaired) electrons. The van der Waals surface area contributed by atoms with E-state index in [1.807, 2.05) is 32.0 Å². The van der Waals surface area contributed by atoms with Crippen LogP contribution in [0.5, 0.6) is 17.2 Å². The Morgan fingerprint density at radius 2 is 2.00 bits per heavy atom. The van der Waals surface area contributed by atoms with Gasteiger partial charge >= 0.3 is 5.97 Å². The number of fused-ring (bicyclic) bond motifs is 1. The third kappa shape index (κ3) is 3.40. The maximum Gasteiger partial charge on any atom is 0.338 e. The van der Waals surface area contributed by atoms with Gasteiger partial charge in [-0.2, -0.15) is 0 Å². The Kier molecular flexibility index (Phi) is 4.83. The van der Waals surface area contributed by atoms with Crippen molar-refractivity contribution in [3.63, 3.8) is 0 Å². The lowest BCUT2D eigenvalue weighted by molar-refractivity contribution is 0.0471. The van der Waals surface area contributed by atoms with Crippen LogP contribution in [0, 0.1) is 6.92 Å². The minimum absolute atomic E-state index is 0.196. The number of benzene rings is 2. The van der Waals surface area contributed by atoms with Crippen LogP contribution in [0.3, 0.4) is 0 Å². The van der Waals surface area contributed by atoms with Gasteiger partial charge in [-0.05, 0) is 49.2 Å². The number of hydrogen-bond acceptors (Lipinski definition) is 5. The molecular weight excluding hydrogens is 320 g/mol. The third-order valence-corrected chi connectivity index (χ3v) is 4.34. The maximum absolute atomic E-state index is 12.4. The van der Waals surface area contributed by atoms with E-state index in [9.17, 15) is 4.79 Å². The van der Waals surface area contributed by atoms with Crippen LogP contribution in [-0.2, 0) is 17.8 Å². The third-order valence-electron chi connectivity index (χ3n) is 4.34. The molecule has 3 rings (SSSR count). The molecule has 1 unspecified atom stereocenters. The molecule has 0 bridgehead atoms. The van der Waals surface area contributed by atoms with Crippen molar-refractivity contribution < 1.29 is 23.7 Å². The lowest BCUT2D eigenvalue weighted by Gasteiger charge is -2.14. The molecule has 0 N–H and O–H groups in total. The molecule has 0 fully saturated rings. The lowest BCUT2D eigenvalue weighted by Crippen LogP contribution is -2.08. The molecule has 0 amide bonds. The van der Waals surface area contributed by atoms with E-state index in [2.05, 4.69) is 0 Å². The Morgan fingerprint density at radius 3 is 2.72 bits per heavy atom. The highest BCUT2D eigenvalue weighted by Crippen LogP contribution is 2.33. The van der Waals surface area contributed by atoms with Crippen LogP contribution in [0.1, 0.15) is 34.0 Å². The molecule has 0 aromatic heterocycles. The molecule has 25 heavy (non-hydrogen) atoms. The van der Waals surface area contributed by atoms with Crippen LogP contribution >= 0.6 is 0 Å². The van der Waals surface area contributed by atoms with Gasteiger partial charge in [-0.1, -0.05) is 6.07 Å². The molecule has 2 aromatic rings. The van der Waals surface area contributed by atoms with Gasteiger partial charge in [-0.3, -0.25) is 0 Å². The Labute approximate surface area is 147 Å². The second-order valence-electron chi connectivity index (χ2n) is 6.12. The van der Waals surface area contributed by atoms with Crippen LogP contribution in [0.25, 0.3) is 0 Å². The second-order valence-corrected chi connectivity index (χ2v) is 6.12. The highest BCUT2D eigenvalue weighted by atomic mass is 16.5. The zero-order valence-electron chi connectivity index (χ0n) is 14.9. The van der Waals surface area contributed by atoms with Crippen LogP contribution in [-0.4, -0.2) is 26.3 Å². The van der Waals surface area contributed by atoms with Crippen molar-refractivity contribution in [3.8, 4) is 17.2 Å². The van der Waals surface area contributed by atoms with Gasteiger partial charge in [0.1, 0.15) is 18.5 Å². The topological polar surface area (TPSA) is 54.0 Å². The average molecular weight is 342 g/mol. The highest BCUT2D eigenvalue weighted by molar-refractivity contribution is 5.92. The number of ether oxygens (including phenoxy) is 4. The standard InChI is InChI=1S/C20H22O5/c1-12-9-15-10-14(5-7-17(15)25-12)11-24-20(21)16-6-8-18(22-3)19(23-4)13(16)2/h5-8,10,12H,9,11H2,1-4H3. The van der Waals surface area contributed by atoms with Crippen molar-refractivity contribution in [2.24, 2.45) is 0 Å². The van der Waals surface area contributed by atoms with Gasteiger partial charge in [-0.25, -0.2) is 4.79 Å². The first kappa shape index (κ1) is 17.1. The summed E-state index contributed by atoms with van der Waals surface area (Å²) < 4.78 is 21.7. The molecule has 0 saturated carbocycles. The SMILES string of the molecule is COc1ccc(C(=O)OCc2ccc3c(c2)CC(C)O3)c(C)c1OC. The molecule has 2 aromatic carbocycles. The van der Waals surface area contributed by atoms with Gasteiger partial charge in [0.2, 0.25) is 0 Å². The first-order chi connectivity index (χ1) is 12.0. The maximum atomic E-state index is 12.4. The fourth-order valence-corrected chi connectivity index (χ4v) is 3.09. The Balaban J connectivity index is 1.72. The monoisotopic (exact) mass is 342 g/mol. The summed E-state index contributed by atoms with van der Waals surface area (Å²) in [6, 6.07) is 9.29. The number of methoxy groups -OCH3 is 2. The molecule has 132 valence electrons. The van der Waals surface area contributed by atoms with E-state index < -0.39 is 0 Å². The average Bonchev–Trinajstić information content (AvgIpc) is 2.98. The molecule has 0 aliphatic carbocycles. The summed E-state index contributed by atoms with van der Waals surface area (Å²) in [4.78, 5) is 12.4. The van der Waals surface area contributed by atoms with Crippen molar-refractivity contribution in [1.82, 2.24) is 0 Å². The first-order valence-electron chi connectivity index (χ1n) is 8.20. The van der Waals surface area contributed by atoms with Crippen LogP contribution in [0.15, 0.2) is 30.3 Å². The summed E-state index contributed by atoms with van der Waals surface area (Å²) in [5.41, 5.74) is 3.27. The summed E-state index contributed by atoms with van der Waals surface area (Å²) in [5, 5.41) is 0. The number of rotatable bonds is 5. The van der Waals surface area contributed by atoms with E-state index in [0.29, 0.717) is 22.6 Å². The van der Waals surface area contributed by atoms with E-state index in [1.54, 1.807) is 26.4 Å². The molecule has 0 spiro atoms. The molecule has 5 nitrogen and oxygen atoms in total. The van der Waals surface area contributed by atoms with Gasteiger partial charge < -0.3 is 18.9 Å². The molecular formula is C20H22O5. The Bertz CT molecular complexity index is 797. The van der Waals surface area contributed by atoms with Gasteiger partial charge in [0, 0.05) is 12.0 Å². The Hall–Kier alpha value is -2.69. The smallest absolute Gasteiger partial charge is 0.338 e. The normalized spacial score (nSPS) is 15.3. The summed E-state index contributed by atoms with van der Waals surface area (Å²) in [6.07, 6.45) is 1.08. The quantitative estimate of drug-likeness (QED) is 0.776. The fraction of sp³-hybridized carbons (Fsp3) is 0.350. The molecule has 1 atom stereocenters. The van der Waals surface area contributed by atoms with Crippen molar-refractivity contribution in [2.75, 3.05) is 14.2 Å². The van der Waals surface area contributed by atoms with E-state index in [-0.39, 0.29) is 18.7 Å². The van der Waals surface area contributed by atoms with Gasteiger partial charge in [0.05, 0.1) is 19.8 Å². The predicted octanol–water partition coefficient (Wildman–Crippen LogP) is 3.69. The molecule has 0 saturated heterocycles. The van der Waals surface area contributed by atoms with Crippen LogP contribution in [0.2, 0.25) is 0 Å². The van der Waals surface area contributed by atoms with E-state index in [0.717, 1.165) is 23.3 Å². The van der Waals surface area contributed by atoms with Crippen molar-refractivity contribution >= 4 is 5.97 Å². The fourth-order valence-electron chi connectivity index (χ4n) is 3.09. The van der Waals surface area contributed by atoms with Gasteiger partial charge in [0.15, 0.2) is 11.5 Å². The first-order valence-corrected chi connectivity index (χ1v) is 8.20. The van der Waals surface area contributed by atoms with Crippen LogP contribution in [0.4, 0.5) is 0 Å². The molecule has 1 aliphatic heterocycles. The molecule has 5 heteroatoms. The molecule has 1 aliphatic rings. The van der Waals surface area contributed by atoms with E-state index in [1.165, 1.54) is 0 Å². The second kappa shape index (κ2) is 7.05. The highest BCUT2D eigenvalue weighted by Gasteiger charge is 2.20. The molecule has 1 heterocycles. The number of esters is 1. The van der Waals surface area contributed by atoms with E-state index >= 15 is 0 Å². The number of carbonyl (C=O) groups is 1. The predicted molar refractivity (Wildman–Crippen MR) is 93.6 cm³/mol. The zero-order chi connectivity index (χ0) is 18.0. The summed E-state index contributed by atoms with van der Waals surface area (Å²) in [6.45, 7) is 4.07. The lowest BCUT2D eigenvalue weighted by atomic mass is 10.1. The van der Waals surface area contributed by atoms with Crippen LogP contribution < -0.4 is 14.2 Å². The minimum atomic E-state index is -0.386. The largest absolute Gasteiger partial charge is 0.493 e. The minimum Gasteiger partial charge on any atom is -0.493 e. The van der Waals surface area contributed by atoms with Gasteiger partial charge in [-0.15, -0.1) is 0 Å². The van der Waals surface area contributed by atoms with E-state index in [4.69, 9.17) is 18.9 Å². The zero-order valence-corrected chi connectivity index (χ0v) is 14.9. The van der Waals surface area contributed by atoms with Crippen molar-refractivity contribution in [1.29, 1.82) is 0 Å². The summed E-state index contributed by atoms with van der Waals surface area (Å²) in [5.74, 6) is 1.66. The van der Waals surface area contributed by atoms with Crippen molar-refractivity contribution in [3.05, 3.63) is 52.6 Å². The number of carbonyl (C=O) groups excluding carboxylic acids is 1. The van der Waals surface area contributed by atoms with Crippen molar-refractivity contribution in [2.45, 2.75) is 33.0 Å². The van der Waals surface area contributed by atoms with Gasteiger partial charge in [0.25, 0.3) is 0 Å².